The van der Waals surface area contributed by atoms with E-state index in [0.717, 1.165) is 10.9 Å². The first-order valence-corrected chi connectivity index (χ1v) is 6.24. The second-order valence-corrected chi connectivity index (χ2v) is 5.31. The summed E-state index contributed by atoms with van der Waals surface area (Å²) >= 11 is 12.0. The van der Waals surface area contributed by atoms with Gasteiger partial charge in [-0.25, -0.2) is 0 Å². The van der Waals surface area contributed by atoms with Crippen molar-refractivity contribution in [3.05, 3.63) is 33.9 Å². The van der Waals surface area contributed by atoms with Crippen LogP contribution < -0.4 is 0 Å². The molecule has 1 N–H and O–H groups in total. The molecule has 1 aromatic carbocycles. The van der Waals surface area contributed by atoms with Crippen molar-refractivity contribution < 1.29 is 4.79 Å². The lowest BCUT2D eigenvalue weighted by atomic mass is 10.1. The fourth-order valence-corrected chi connectivity index (χ4v) is 2.16. The van der Waals surface area contributed by atoms with E-state index in [4.69, 9.17) is 23.2 Å². The summed E-state index contributed by atoms with van der Waals surface area (Å²) < 4.78 is 0. The van der Waals surface area contributed by atoms with Crippen LogP contribution in [-0.2, 0) is 0 Å². The molecule has 2 rings (SSSR count). The number of ketones is 1. The minimum Gasteiger partial charge on any atom is -0.352 e. The summed E-state index contributed by atoms with van der Waals surface area (Å²) in [7, 11) is 0. The summed E-state index contributed by atoms with van der Waals surface area (Å²) in [5.41, 5.74) is 1.43. The molecule has 0 aliphatic rings. The van der Waals surface area contributed by atoms with Crippen LogP contribution in [0.3, 0.4) is 0 Å². The number of hydrogen-bond acceptors (Lipinski definition) is 1. The maximum atomic E-state index is 11.9. The predicted molar refractivity (Wildman–Crippen MR) is 72.1 cm³/mol. The van der Waals surface area contributed by atoms with E-state index < -0.39 is 0 Å². The summed E-state index contributed by atoms with van der Waals surface area (Å²) in [5.74, 6) is 0.441. The van der Waals surface area contributed by atoms with E-state index in [-0.39, 0.29) is 5.78 Å². The van der Waals surface area contributed by atoms with Crippen molar-refractivity contribution in [2.75, 3.05) is 0 Å². The molecule has 0 fully saturated rings. The molecule has 0 spiro atoms. The maximum absolute atomic E-state index is 11.9. The Morgan fingerprint density at radius 3 is 2.71 bits per heavy atom. The number of aromatic nitrogens is 1. The van der Waals surface area contributed by atoms with Gasteiger partial charge in [-0.1, -0.05) is 37.0 Å². The lowest BCUT2D eigenvalue weighted by Crippen LogP contribution is -2.03. The smallest absolute Gasteiger partial charge is 0.179 e. The molecular weight excluding hydrogens is 257 g/mol. The van der Waals surface area contributed by atoms with Gasteiger partial charge in [-0.2, -0.15) is 0 Å². The normalized spacial score (nSPS) is 11.4. The van der Waals surface area contributed by atoms with E-state index in [2.05, 4.69) is 4.98 Å². The number of carbonyl (C=O) groups excluding carboxylic acids is 1. The van der Waals surface area contributed by atoms with Crippen LogP contribution in [0.15, 0.2) is 18.2 Å². The Hall–Kier alpha value is -0.990. The Morgan fingerprint density at radius 2 is 2.06 bits per heavy atom. The first-order chi connectivity index (χ1) is 7.99. The van der Waals surface area contributed by atoms with Crippen molar-refractivity contribution in [3.63, 3.8) is 0 Å². The summed E-state index contributed by atoms with van der Waals surface area (Å²) in [6, 6.07) is 5.32. The number of hydrogen-bond donors (Lipinski definition) is 1. The van der Waals surface area contributed by atoms with Gasteiger partial charge in [0.25, 0.3) is 0 Å². The third-order valence-electron chi connectivity index (χ3n) is 2.58. The topological polar surface area (TPSA) is 32.9 Å². The van der Waals surface area contributed by atoms with Crippen LogP contribution in [0.2, 0.25) is 10.0 Å². The minimum atomic E-state index is 0.100. The number of Topliss-reactive ketones (excluding diaryl/α,β-unsaturated/α-hetero) is 1. The van der Waals surface area contributed by atoms with Crippen LogP contribution in [0.25, 0.3) is 10.9 Å². The summed E-state index contributed by atoms with van der Waals surface area (Å²) in [5, 5.41) is 1.79. The average molecular weight is 270 g/mol. The SMILES string of the molecule is CC(C)CC(=O)c1cc2c(Cl)c(Cl)ccc2[nH]1. The highest BCUT2D eigenvalue weighted by Crippen LogP contribution is 2.31. The van der Waals surface area contributed by atoms with E-state index in [1.165, 1.54) is 0 Å². The zero-order valence-corrected chi connectivity index (χ0v) is 11.2. The number of H-pyrrole nitrogens is 1. The fraction of sp³-hybridized carbons (Fsp3) is 0.308. The van der Waals surface area contributed by atoms with Crippen LogP contribution in [0.5, 0.6) is 0 Å². The third kappa shape index (κ3) is 2.48. The van der Waals surface area contributed by atoms with Crippen molar-refractivity contribution in [1.82, 2.24) is 4.98 Å². The van der Waals surface area contributed by atoms with Crippen molar-refractivity contribution in [2.24, 2.45) is 5.92 Å². The monoisotopic (exact) mass is 269 g/mol. The van der Waals surface area contributed by atoms with Crippen molar-refractivity contribution in [1.29, 1.82) is 0 Å². The molecule has 0 radical (unpaired) electrons. The molecule has 0 bridgehead atoms. The Kier molecular flexibility index (Phi) is 3.45. The van der Waals surface area contributed by atoms with E-state index in [1.807, 2.05) is 19.9 Å². The van der Waals surface area contributed by atoms with Gasteiger partial charge in [0.2, 0.25) is 0 Å². The molecular formula is C13H13Cl2NO. The number of aromatic amines is 1. The van der Waals surface area contributed by atoms with Crippen LogP contribution in [0.4, 0.5) is 0 Å². The third-order valence-corrected chi connectivity index (χ3v) is 3.40. The first kappa shape index (κ1) is 12.5. The van der Waals surface area contributed by atoms with Gasteiger partial charge < -0.3 is 4.98 Å². The summed E-state index contributed by atoms with van der Waals surface area (Å²) in [6.07, 6.45) is 0.526. The predicted octanol–water partition coefficient (Wildman–Crippen LogP) is 4.70. The second kappa shape index (κ2) is 4.71. The van der Waals surface area contributed by atoms with Gasteiger partial charge in [-0.3, -0.25) is 4.79 Å². The number of benzene rings is 1. The molecule has 1 aromatic heterocycles. The van der Waals surface area contributed by atoms with Crippen molar-refractivity contribution in [3.8, 4) is 0 Å². The zero-order chi connectivity index (χ0) is 12.6. The van der Waals surface area contributed by atoms with Crippen LogP contribution in [0, 0.1) is 5.92 Å². The van der Waals surface area contributed by atoms with Gasteiger partial charge in [0.1, 0.15) is 0 Å². The average Bonchev–Trinajstić information content (AvgIpc) is 2.67. The Morgan fingerprint density at radius 1 is 1.35 bits per heavy atom. The number of fused-ring (bicyclic) bond motifs is 1. The molecule has 0 amide bonds. The molecule has 0 saturated carbocycles. The Labute approximate surface area is 110 Å². The van der Waals surface area contributed by atoms with Crippen LogP contribution in [0.1, 0.15) is 30.8 Å². The highest BCUT2D eigenvalue weighted by molar-refractivity contribution is 6.45. The first-order valence-electron chi connectivity index (χ1n) is 5.49. The second-order valence-electron chi connectivity index (χ2n) is 4.53. The molecule has 17 heavy (non-hydrogen) atoms. The fourth-order valence-electron chi connectivity index (χ4n) is 1.77. The van der Waals surface area contributed by atoms with Gasteiger partial charge in [0.15, 0.2) is 5.78 Å². The number of rotatable bonds is 3. The lowest BCUT2D eigenvalue weighted by molar-refractivity contribution is 0.0964. The van der Waals surface area contributed by atoms with E-state index >= 15 is 0 Å². The molecule has 0 saturated heterocycles. The number of carbonyl (C=O) groups is 1. The standard InChI is InChI=1S/C13H13Cl2NO/c1-7(2)5-12(17)11-6-8-10(16-11)4-3-9(14)13(8)15/h3-4,6-7,16H,5H2,1-2H3. The molecule has 0 unspecified atom stereocenters. The highest BCUT2D eigenvalue weighted by Gasteiger charge is 2.13. The van der Waals surface area contributed by atoms with E-state index in [0.29, 0.717) is 28.1 Å². The van der Waals surface area contributed by atoms with E-state index in [9.17, 15) is 4.79 Å². The molecule has 4 heteroatoms. The maximum Gasteiger partial charge on any atom is 0.179 e. The van der Waals surface area contributed by atoms with E-state index in [1.54, 1.807) is 12.1 Å². The molecule has 2 aromatic rings. The Bertz CT molecular complexity index is 572. The minimum absolute atomic E-state index is 0.100. The summed E-state index contributed by atoms with van der Waals surface area (Å²) in [6.45, 7) is 4.04. The Balaban J connectivity index is 2.45. The van der Waals surface area contributed by atoms with Crippen LogP contribution >= 0.6 is 23.2 Å². The van der Waals surface area contributed by atoms with Gasteiger partial charge in [-0.05, 0) is 24.1 Å². The lowest BCUT2D eigenvalue weighted by Gasteiger charge is -2.00. The van der Waals surface area contributed by atoms with Gasteiger partial charge in [0, 0.05) is 17.3 Å². The zero-order valence-electron chi connectivity index (χ0n) is 9.68. The van der Waals surface area contributed by atoms with Gasteiger partial charge in [0.05, 0.1) is 15.7 Å². The molecule has 90 valence electrons. The van der Waals surface area contributed by atoms with Gasteiger partial charge in [-0.15, -0.1) is 0 Å². The quantitative estimate of drug-likeness (QED) is 0.805. The molecule has 0 atom stereocenters. The summed E-state index contributed by atoms with van der Waals surface area (Å²) in [4.78, 5) is 15.0. The van der Waals surface area contributed by atoms with Gasteiger partial charge >= 0.3 is 0 Å². The molecule has 0 aliphatic carbocycles. The number of nitrogens with one attached hydrogen (secondary N) is 1. The molecule has 1 heterocycles. The molecule has 2 nitrogen and oxygen atoms in total. The largest absolute Gasteiger partial charge is 0.352 e. The van der Waals surface area contributed by atoms with Crippen molar-refractivity contribution in [2.45, 2.75) is 20.3 Å². The van der Waals surface area contributed by atoms with Crippen LogP contribution in [-0.4, -0.2) is 10.8 Å². The number of halogens is 2. The van der Waals surface area contributed by atoms with Crippen molar-refractivity contribution >= 4 is 39.9 Å². The molecule has 0 aliphatic heterocycles. The highest BCUT2D eigenvalue weighted by atomic mass is 35.5.